The van der Waals surface area contributed by atoms with Gasteiger partial charge in [-0.1, -0.05) is 30.9 Å². The van der Waals surface area contributed by atoms with Crippen LogP contribution < -0.4 is 0 Å². The van der Waals surface area contributed by atoms with Crippen LogP contribution in [0.1, 0.15) is 11.3 Å². The average Bonchev–Trinajstić information content (AvgIpc) is 2.41. The van der Waals surface area contributed by atoms with E-state index in [4.69, 9.17) is 7.98 Å². The summed E-state index contributed by atoms with van der Waals surface area (Å²) in [7, 11) is 5.88. The van der Waals surface area contributed by atoms with E-state index in [0.717, 1.165) is 22.2 Å². The lowest BCUT2D eigenvalue weighted by Gasteiger charge is -1.97. The van der Waals surface area contributed by atoms with Gasteiger partial charge in [-0.25, -0.2) is 0 Å². The maximum atomic E-state index is 5.88. The van der Waals surface area contributed by atoms with Crippen LogP contribution in [0.5, 0.6) is 0 Å². The average molecular weight is 167 g/mol. The lowest BCUT2D eigenvalue weighted by Crippen LogP contribution is -1.93. The van der Waals surface area contributed by atoms with Crippen molar-refractivity contribution < 1.29 is 0 Å². The van der Waals surface area contributed by atoms with Crippen LogP contribution in [-0.2, 0) is 0 Å². The minimum Gasteiger partial charge on any atom is -0.400 e. The van der Waals surface area contributed by atoms with Crippen molar-refractivity contribution in [3.63, 3.8) is 0 Å². The Morgan fingerprint density at radius 2 is 2.08 bits per heavy atom. The Balaban J connectivity index is 2.98. The molecule has 0 fully saturated rings. The SMILES string of the molecule is [B]n1c(C)c(C=C)c2ccccc21. The van der Waals surface area contributed by atoms with Crippen LogP contribution in [0.3, 0.4) is 0 Å². The topological polar surface area (TPSA) is 4.93 Å². The number of para-hydroxylation sites is 1. The monoisotopic (exact) mass is 167 g/mol. The fraction of sp³-hybridized carbons (Fsp3) is 0.0909. The van der Waals surface area contributed by atoms with Crippen molar-refractivity contribution in [1.82, 2.24) is 4.48 Å². The molecule has 0 saturated carbocycles. The molecule has 62 valence electrons. The fourth-order valence-electron chi connectivity index (χ4n) is 1.67. The molecule has 2 radical (unpaired) electrons. The first kappa shape index (κ1) is 8.18. The molecule has 0 aliphatic carbocycles. The number of hydrogen-bond donors (Lipinski definition) is 0. The molecule has 0 unspecified atom stereocenters. The molecular weight excluding hydrogens is 157 g/mol. The molecule has 1 heterocycles. The highest BCUT2D eigenvalue weighted by atomic mass is 14.9. The van der Waals surface area contributed by atoms with Crippen LogP contribution >= 0.6 is 0 Å². The van der Waals surface area contributed by atoms with Crippen molar-refractivity contribution in [3.05, 3.63) is 42.1 Å². The van der Waals surface area contributed by atoms with Gasteiger partial charge in [-0.05, 0) is 13.0 Å². The molecular formula is C11H10BN. The molecule has 0 atom stereocenters. The number of benzene rings is 1. The van der Waals surface area contributed by atoms with E-state index < -0.39 is 0 Å². The van der Waals surface area contributed by atoms with E-state index in [1.165, 1.54) is 0 Å². The Morgan fingerprint density at radius 1 is 1.38 bits per heavy atom. The van der Waals surface area contributed by atoms with E-state index >= 15 is 0 Å². The van der Waals surface area contributed by atoms with Crippen molar-refractivity contribution in [2.75, 3.05) is 0 Å². The Bertz CT molecular complexity index is 468. The zero-order valence-corrected chi connectivity index (χ0v) is 7.62. The zero-order chi connectivity index (χ0) is 9.42. The van der Waals surface area contributed by atoms with Crippen molar-refractivity contribution in [2.24, 2.45) is 0 Å². The Kier molecular flexibility index (Phi) is 1.76. The molecule has 0 bridgehead atoms. The molecule has 0 spiro atoms. The van der Waals surface area contributed by atoms with Gasteiger partial charge in [0.1, 0.15) is 0 Å². The molecule has 0 aliphatic rings. The van der Waals surface area contributed by atoms with Crippen molar-refractivity contribution >= 4 is 25.0 Å². The van der Waals surface area contributed by atoms with Gasteiger partial charge in [-0.15, -0.1) is 0 Å². The summed E-state index contributed by atoms with van der Waals surface area (Å²) in [4.78, 5) is 0. The molecule has 13 heavy (non-hydrogen) atoms. The van der Waals surface area contributed by atoms with Crippen molar-refractivity contribution in [1.29, 1.82) is 0 Å². The maximum absolute atomic E-state index is 5.88. The summed E-state index contributed by atoms with van der Waals surface area (Å²) in [5.41, 5.74) is 3.23. The second-order valence-corrected chi connectivity index (χ2v) is 3.09. The van der Waals surface area contributed by atoms with Gasteiger partial charge in [-0.2, -0.15) is 0 Å². The molecule has 0 amide bonds. The highest BCUT2D eigenvalue weighted by Crippen LogP contribution is 2.24. The van der Waals surface area contributed by atoms with Gasteiger partial charge in [-0.3, -0.25) is 0 Å². The lowest BCUT2D eigenvalue weighted by atomic mass is 10.1. The van der Waals surface area contributed by atoms with E-state index in [-0.39, 0.29) is 0 Å². The van der Waals surface area contributed by atoms with Crippen LogP contribution in [0.25, 0.3) is 17.0 Å². The number of aromatic nitrogens is 1. The number of nitrogens with zero attached hydrogens (tertiary/aromatic N) is 1. The first-order chi connectivity index (χ1) is 6.25. The van der Waals surface area contributed by atoms with Crippen molar-refractivity contribution in [2.45, 2.75) is 6.92 Å². The van der Waals surface area contributed by atoms with Gasteiger partial charge >= 0.3 is 0 Å². The lowest BCUT2D eigenvalue weighted by molar-refractivity contribution is 1.19. The molecule has 1 nitrogen and oxygen atoms in total. The summed E-state index contributed by atoms with van der Waals surface area (Å²) in [6.07, 6.45) is 1.85. The molecule has 0 aliphatic heterocycles. The highest BCUT2D eigenvalue weighted by molar-refractivity contribution is 6.13. The number of rotatable bonds is 1. The van der Waals surface area contributed by atoms with E-state index in [0.29, 0.717) is 0 Å². The molecule has 2 rings (SSSR count). The third kappa shape index (κ3) is 1.02. The van der Waals surface area contributed by atoms with Gasteiger partial charge in [0.15, 0.2) is 0 Å². The molecule has 1 aromatic heterocycles. The molecule has 2 aromatic rings. The van der Waals surface area contributed by atoms with Crippen LogP contribution in [0.15, 0.2) is 30.8 Å². The minimum atomic E-state index is 1.05. The third-order valence-corrected chi connectivity index (χ3v) is 2.41. The van der Waals surface area contributed by atoms with Crippen LogP contribution in [-0.4, -0.2) is 12.5 Å². The quantitative estimate of drug-likeness (QED) is 0.575. The molecule has 2 heteroatoms. The smallest absolute Gasteiger partial charge is 0.234 e. The standard InChI is InChI=1S/C11H10BN/c1-3-9-8(2)13(12)11-7-5-4-6-10(9)11/h3-7H,1H2,2H3. The predicted octanol–water partition coefficient (Wildman–Crippen LogP) is 2.52. The third-order valence-electron chi connectivity index (χ3n) is 2.41. The number of fused-ring (bicyclic) bond motifs is 1. The Hall–Kier alpha value is -1.44. The summed E-state index contributed by atoms with van der Waals surface area (Å²) in [5, 5.41) is 1.16. The van der Waals surface area contributed by atoms with Gasteiger partial charge in [0.25, 0.3) is 0 Å². The minimum absolute atomic E-state index is 1.05. The first-order valence-electron chi connectivity index (χ1n) is 4.23. The van der Waals surface area contributed by atoms with Crippen LogP contribution in [0.4, 0.5) is 0 Å². The second kappa shape index (κ2) is 2.80. The van der Waals surface area contributed by atoms with Gasteiger partial charge in [0.05, 0.1) is 0 Å². The summed E-state index contributed by atoms with van der Waals surface area (Å²) >= 11 is 0. The van der Waals surface area contributed by atoms with Crippen LogP contribution in [0.2, 0.25) is 0 Å². The summed E-state index contributed by atoms with van der Waals surface area (Å²) in [6.45, 7) is 5.78. The van der Waals surface area contributed by atoms with E-state index in [2.05, 4.69) is 12.6 Å². The van der Waals surface area contributed by atoms with Crippen molar-refractivity contribution in [3.8, 4) is 0 Å². The van der Waals surface area contributed by atoms with E-state index in [9.17, 15) is 0 Å². The zero-order valence-electron chi connectivity index (χ0n) is 7.62. The summed E-state index contributed by atoms with van der Waals surface area (Å²) in [5.74, 6) is 0. The summed E-state index contributed by atoms with van der Waals surface area (Å²) < 4.78 is 1.70. The van der Waals surface area contributed by atoms with Gasteiger partial charge < -0.3 is 4.48 Å². The van der Waals surface area contributed by atoms with E-state index in [1.807, 2.05) is 31.2 Å². The second-order valence-electron chi connectivity index (χ2n) is 3.09. The highest BCUT2D eigenvalue weighted by Gasteiger charge is 2.06. The normalized spacial score (nSPS) is 10.5. The summed E-state index contributed by atoms with van der Waals surface area (Å²) in [6, 6.07) is 8.06. The number of hydrogen-bond acceptors (Lipinski definition) is 0. The van der Waals surface area contributed by atoms with Crippen LogP contribution in [0, 0.1) is 6.92 Å². The molecule has 0 saturated heterocycles. The Labute approximate surface area is 79.1 Å². The largest absolute Gasteiger partial charge is 0.400 e. The molecule has 1 aromatic carbocycles. The maximum Gasteiger partial charge on any atom is 0.234 e. The Morgan fingerprint density at radius 3 is 2.77 bits per heavy atom. The fourth-order valence-corrected chi connectivity index (χ4v) is 1.67. The van der Waals surface area contributed by atoms with Gasteiger partial charge in [0.2, 0.25) is 7.98 Å². The predicted molar refractivity (Wildman–Crippen MR) is 57.9 cm³/mol. The molecule has 0 N–H and O–H groups in total. The van der Waals surface area contributed by atoms with E-state index in [1.54, 1.807) is 4.48 Å². The van der Waals surface area contributed by atoms with Gasteiger partial charge in [0, 0.05) is 22.2 Å². The first-order valence-corrected chi connectivity index (χ1v) is 4.23.